The van der Waals surface area contributed by atoms with E-state index in [9.17, 15) is 4.57 Å². The summed E-state index contributed by atoms with van der Waals surface area (Å²) in [6, 6.07) is 0. The molecule has 68 valence electrons. The Morgan fingerprint density at radius 3 is 2.50 bits per heavy atom. The van der Waals surface area contributed by atoms with Gasteiger partial charge >= 0.3 is 0 Å². The summed E-state index contributed by atoms with van der Waals surface area (Å²) in [5.41, 5.74) is 0. The highest BCUT2D eigenvalue weighted by Gasteiger charge is 2.40. The molecule has 0 aromatic carbocycles. The number of hydrogen-bond donors (Lipinski definition) is 0. The molecule has 0 spiro atoms. The molecule has 0 radical (unpaired) electrons. The summed E-state index contributed by atoms with van der Waals surface area (Å²) in [4.78, 5) is 0. The van der Waals surface area contributed by atoms with E-state index >= 15 is 0 Å². The summed E-state index contributed by atoms with van der Waals surface area (Å²) in [5, 5.41) is 0. The monoisotopic (exact) mass is 186 g/mol. The molecular weight excluding hydrogens is 171 g/mol. The van der Waals surface area contributed by atoms with Gasteiger partial charge in [0.25, 0.3) is 0 Å². The fourth-order valence-electron chi connectivity index (χ4n) is 1.50. The standard InChI is InChI=1S/C8H15N2OP/c1-5-8-6-10(4)12(11,7-8)9(2)3/h1,8H,6-7H2,2-4H3. The zero-order valence-corrected chi connectivity index (χ0v) is 8.71. The molecule has 0 amide bonds. The maximum atomic E-state index is 12.2. The van der Waals surface area contributed by atoms with E-state index in [2.05, 4.69) is 5.92 Å². The zero-order chi connectivity index (χ0) is 9.35. The molecule has 0 aromatic rings. The normalized spacial score (nSPS) is 37.1. The Balaban J connectivity index is 2.83. The van der Waals surface area contributed by atoms with Gasteiger partial charge in [0.05, 0.1) is 0 Å². The summed E-state index contributed by atoms with van der Waals surface area (Å²) in [6.45, 7) is 0.756. The third-order valence-corrected chi connectivity index (χ3v) is 5.73. The van der Waals surface area contributed by atoms with Gasteiger partial charge in [-0.05, 0) is 21.1 Å². The van der Waals surface area contributed by atoms with Gasteiger partial charge in [0.15, 0.2) is 0 Å². The van der Waals surface area contributed by atoms with Gasteiger partial charge in [-0.3, -0.25) is 4.57 Å². The molecule has 0 saturated carbocycles. The first-order chi connectivity index (χ1) is 5.50. The highest BCUT2D eigenvalue weighted by atomic mass is 31.2. The molecule has 1 heterocycles. The number of rotatable bonds is 1. The third kappa shape index (κ3) is 1.43. The van der Waals surface area contributed by atoms with Crippen molar-refractivity contribution in [2.75, 3.05) is 33.8 Å². The topological polar surface area (TPSA) is 23.6 Å². The number of terminal acetylenes is 1. The van der Waals surface area contributed by atoms with Crippen molar-refractivity contribution < 1.29 is 4.57 Å². The van der Waals surface area contributed by atoms with Crippen LogP contribution in [0.2, 0.25) is 0 Å². The summed E-state index contributed by atoms with van der Waals surface area (Å²) in [6.07, 6.45) is 5.93. The third-order valence-electron chi connectivity index (χ3n) is 2.34. The Hall–Kier alpha value is -0.290. The van der Waals surface area contributed by atoms with E-state index in [1.165, 1.54) is 0 Å². The molecule has 1 saturated heterocycles. The Morgan fingerprint density at radius 2 is 2.25 bits per heavy atom. The molecule has 1 aliphatic heterocycles. The van der Waals surface area contributed by atoms with E-state index in [1.807, 2.05) is 25.8 Å². The maximum Gasteiger partial charge on any atom is 0.217 e. The second-order valence-corrected chi connectivity index (χ2v) is 6.58. The van der Waals surface area contributed by atoms with Gasteiger partial charge in [-0.2, -0.15) is 0 Å². The van der Waals surface area contributed by atoms with Crippen molar-refractivity contribution in [3.05, 3.63) is 0 Å². The van der Waals surface area contributed by atoms with Gasteiger partial charge in [-0.25, -0.2) is 9.34 Å². The molecule has 4 heteroatoms. The Kier molecular flexibility index (Phi) is 2.63. The summed E-state index contributed by atoms with van der Waals surface area (Å²) < 4.78 is 15.9. The maximum absolute atomic E-state index is 12.2. The second-order valence-electron chi connectivity index (χ2n) is 3.40. The van der Waals surface area contributed by atoms with Gasteiger partial charge in [0, 0.05) is 18.6 Å². The minimum atomic E-state index is -2.28. The smallest absolute Gasteiger partial charge is 0.217 e. The fourth-order valence-corrected chi connectivity index (χ4v) is 3.97. The van der Waals surface area contributed by atoms with Gasteiger partial charge in [-0.15, -0.1) is 12.3 Å². The van der Waals surface area contributed by atoms with Crippen molar-refractivity contribution in [2.45, 2.75) is 0 Å². The number of hydrogen-bond acceptors (Lipinski definition) is 1. The molecule has 1 aliphatic rings. The first kappa shape index (κ1) is 9.80. The summed E-state index contributed by atoms with van der Waals surface area (Å²) in [5.74, 6) is 2.82. The minimum Gasteiger partial charge on any atom is -0.289 e. The van der Waals surface area contributed by atoms with Crippen LogP contribution in [-0.2, 0) is 4.57 Å². The molecule has 1 fully saturated rings. The number of nitrogens with zero attached hydrogens (tertiary/aromatic N) is 2. The zero-order valence-electron chi connectivity index (χ0n) is 7.82. The molecule has 2 atom stereocenters. The predicted octanol–water partition coefficient (Wildman–Crippen LogP) is 0.936. The molecule has 0 bridgehead atoms. The van der Waals surface area contributed by atoms with Crippen LogP contribution in [0.4, 0.5) is 0 Å². The van der Waals surface area contributed by atoms with E-state index in [1.54, 1.807) is 4.67 Å². The van der Waals surface area contributed by atoms with Crippen molar-refractivity contribution >= 4 is 7.44 Å². The molecule has 0 N–H and O–H groups in total. The second kappa shape index (κ2) is 3.22. The lowest BCUT2D eigenvalue weighted by Gasteiger charge is -2.25. The predicted molar refractivity (Wildman–Crippen MR) is 51.1 cm³/mol. The van der Waals surface area contributed by atoms with Crippen LogP contribution in [-0.4, -0.2) is 43.2 Å². The van der Waals surface area contributed by atoms with Gasteiger partial charge in [-0.1, -0.05) is 0 Å². The lowest BCUT2D eigenvalue weighted by molar-refractivity contribution is 0.440. The average molecular weight is 186 g/mol. The van der Waals surface area contributed by atoms with Crippen molar-refractivity contribution in [3.63, 3.8) is 0 Å². The quantitative estimate of drug-likeness (QED) is 0.449. The van der Waals surface area contributed by atoms with Crippen LogP contribution in [0.25, 0.3) is 0 Å². The van der Waals surface area contributed by atoms with Crippen LogP contribution in [0, 0.1) is 18.3 Å². The lowest BCUT2D eigenvalue weighted by atomic mass is 10.2. The van der Waals surface area contributed by atoms with E-state index in [-0.39, 0.29) is 5.92 Å². The summed E-state index contributed by atoms with van der Waals surface area (Å²) in [7, 11) is 3.28. The molecule has 1 rings (SSSR count). The summed E-state index contributed by atoms with van der Waals surface area (Å²) >= 11 is 0. The average Bonchev–Trinajstić information content (AvgIpc) is 2.29. The van der Waals surface area contributed by atoms with Crippen molar-refractivity contribution in [1.29, 1.82) is 0 Å². The van der Waals surface area contributed by atoms with Crippen LogP contribution in [0.1, 0.15) is 0 Å². The lowest BCUT2D eigenvalue weighted by Crippen LogP contribution is -2.19. The van der Waals surface area contributed by atoms with Crippen LogP contribution >= 0.6 is 7.44 Å². The largest absolute Gasteiger partial charge is 0.289 e. The van der Waals surface area contributed by atoms with Gasteiger partial charge in [0.1, 0.15) is 0 Å². The highest BCUT2D eigenvalue weighted by molar-refractivity contribution is 7.59. The molecular formula is C8H15N2OP. The van der Waals surface area contributed by atoms with Crippen molar-refractivity contribution in [1.82, 2.24) is 9.34 Å². The molecule has 2 unspecified atom stereocenters. The molecule has 3 nitrogen and oxygen atoms in total. The molecule has 12 heavy (non-hydrogen) atoms. The molecule has 0 aromatic heterocycles. The van der Waals surface area contributed by atoms with Crippen LogP contribution in [0.5, 0.6) is 0 Å². The van der Waals surface area contributed by atoms with Gasteiger partial charge < -0.3 is 0 Å². The van der Waals surface area contributed by atoms with Crippen LogP contribution in [0.15, 0.2) is 0 Å². The van der Waals surface area contributed by atoms with Crippen LogP contribution < -0.4 is 0 Å². The fraction of sp³-hybridized carbons (Fsp3) is 0.750. The molecule has 0 aliphatic carbocycles. The van der Waals surface area contributed by atoms with Crippen LogP contribution in [0.3, 0.4) is 0 Å². The first-order valence-electron chi connectivity index (χ1n) is 3.95. The van der Waals surface area contributed by atoms with E-state index < -0.39 is 7.44 Å². The van der Waals surface area contributed by atoms with E-state index in [0.717, 1.165) is 6.54 Å². The Labute approximate surface area is 74.2 Å². The first-order valence-corrected chi connectivity index (χ1v) is 5.75. The SMILES string of the molecule is C#CC1CN(C)P(=O)(N(C)C)C1. The minimum absolute atomic E-state index is 0.156. The van der Waals surface area contributed by atoms with Crippen molar-refractivity contribution in [2.24, 2.45) is 5.92 Å². The van der Waals surface area contributed by atoms with E-state index in [0.29, 0.717) is 6.16 Å². The van der Waals surface area contributed by atoms with Crippen molar-refractivity contribution in [3.8, 4) is 12.3 Å². The van der Waals surface area contributed by atoms with Gasteiger partial charge in [0.2, 0.25) is 7.44 Å². The highest BCUT2D eigenvalue weighted by Crippen LogP contribution is 2.56. The Morgan fingerprint density at radius 1 is 1.67 bits per heavy atom. The van der Waals surface area contributed by atoms with E-state index in [4.69, 9.17) is 6.42 Å². The Bertz CT molecular complexity index is 256.